The highest BCUT2D eigenvalue weighted by Gasteiger charge is 2.40. The van der Waals surface area contributed by atoms with Crippen molar-refractivity contribution in [2.45, 2.75) is 45.2 Å². The van der Waals surface area contributed by atoms with Gasteiger partial charge < -0.3 is 15.0 Å². The van der Waals surface area contributed by atoms with Crippen molar-refractivity contribution in [1.29, 1.82) is 0 Å². The molecule has 4 nitrogen and oxygen atoms in total. The molecule has 2 rings (SSSR count). The van der Waals surface area contributed by atoms with E-state index >= 15 is 0 Å². The molecule has 1 aromatic carbocycles. The SMILES string of the molecule is CCOc1ccc(CN(C)C(=O)C2(CC)CCCN2)cc1.Cl. The van der Waals surface area contributed by atoms with Gasteiger partial charge >= 0.3 is 0 Å². The molecule has 1 fully saturated rings. The number of likely N-dealkylation sites (N-methyl/N-ethyl adjacent to an activating group) is 1. The van der Waals surface area contributed by atoms with E-state index in [1.165, 1.54) is 0 Å². The zero-order valence-electron chi connectivity index (χ0n) is 13.7. The largest absolute Gasteiger partial charge is 0.494 e. The first-order chi connectivity index (χ1) is 10.1. The number of carbonyl (C=O) groups excluding carboxylic acids is 1. The van der Waals surface area contributed by atoms with Gasteiger partial charge in [-0.3, -0.25) is 4.79 Å². The number of carbonyl (C=O) groups is 1. The molecule has 1 aliphatic heterocycles. The van der Waals surface area contributed by atoms with E-state index in [4.69, 9.17) is 4.74 Å². The van der Waals surface area contributed by atoms with Crippen LogP contribution in [0.1, 0.15) is 38.7 Å². The molecule has 1 aliphatic rings. The van der Waals surface area contributed by atoms with Gasteiger partial charge in [-0.2, -0.15) is 0 Å². The van der Waals surface area contributed by atoms with Crippen molar-refractivity contribution in [3.63, 3.8) is 0 Å². The summed E-state index contributed by atoms with van der Waals surface area (Å²) < 4.78 is 5.44. The van der Waals surface area contributed by atoms with Crippen LogP contribution in [0.2, 0.25) is 0 Å². The number of halogens is 1. The van der Waals surface area contributed by atoms with Crippen LogP contribution in [0.3, 0.4) is 0 Å². The van der Waals surface area contributed by atoms with Gasteiger partial charge in [0.05, 0.1) is 12.1 Å². The van der Waals surface area contributed by atoms with Crippen LogP contribution < -0.4 is 10.1 Å². The summed E-state index contributed by atoms with van der Waals surface area (Å²) in [6, 6.07) is 7.96. The molecular formula is C17H27ClN2O2. The fourth-order valence-electron chi connectivity index (χ4n) is 3.01. The van der Waals surface area contributed by atoms with Crippen molar-refractivity contribution in [2.75, 3.05) is 20.2 Å². The van der Waals surface area contributed by atoms with Gasteiger partial charge in [-0.05, 0) is 50.4 Å². The fourth-order valence-corrected chi connectivity index (χ4v) is 3.01. The molecule has 1 atom stereocenters. The third kappa shape index (κ3) is 4.14. The molecule has 0 aliphatic carbocycles. The molecule has 1 saturated heterocycles. The van der Waals surface area contributed by atoms with Crippen molar-refractivity contribution in [2.24, 2.45) is 0 Å². The number of ether oxygens (including phenoxy) is 1. The summed E-state index contributed by atoms with van der Waals surface area (Å²) >= 11 is 0. The lowest BCUT2D eigenvalue weighted by Gasteiger charge is -2.32. The van der Waals surface area contributed by atoms with E-state index in [-0.39, 0.29) is 23.9 Å². The Morgan fingerprint density at radius 1 is 1.32 bits per heavy atom. The molecule has 0 saturated carbocycles. The summed E-state index contributed by atoms with van der Waals surface area (Å²) in [6.45, 7) is 6.30. The number of amides is 1. The summed E-state index contributed by atoms with van der Waals surface area (Å²) in [4.78, 5) is 14.5. The van der Waals surface area contributed by atoms with E-state index in [1.807, 2.05) is 43.1 Å². The molecule has 22 heavy (non-hydrogen) atoms. The van der Waals surface area contributed by atoms with E-state index in [2.05, 4.69) is 12.2 Å². The van der Waals surface area contributed by atoms with Crippen LogP contribution in [-0.2, 0) is 11.3 Å². The van der Waals surface area contributed by atoms with Crippen LogP contribution >= 0.6 is 12.4 Å². The predicted octanol–water partition coefficient (Wildman–Crippen LogP) is 3.00. The molecule has 0 aromatic heterocycles. The van der Waals surface area contributed by atoms with Gasteiger partial charge in [-0.25, -0.2) is 0 Å². The van der Waals surface area contributed by atoms with Crippen LogP contribution in [0.25, 0.3) is 0 Å². The Morgan fingerprint density at radius 2 is 2.00 bits per heavy atom. The maximum Gasteiger partial charge on any atom is 0.242 e. The van der Waals surface area contributed by atoms with Crippen molar-refractivity contribution in [3.05, 3.63) is 29.8 Å². The second kappa shape index (κ2) is 8.39. The summed E-state index contributed by atoms with van der Waals surface area (Å²) in [5.74, 6) is 1.08. The second-order valence-electron chi connectivity index (χ2n) is 5.70. The molecule has 0 bridgehead atoms. The van der Waals surface area contributed by atoms with E-state index in [9.17, 15) is 4.79 Å². The van der Waals surface area contributed by atoms with E-state index < -0.39 is 0 Å². The lowest BCUT2D eigenvalue weighted by Crippen LogP contribution is -2.53. The standard InChI is InChI=1S/C17H26N2O2.ClH/c1-4-17(11-6-12-18-17)16(20)19(3)13-14-7-9-15(10-8-14)21-5-2;/h7-10,18H,4-6,11-13H2,1-3H3;1H. The number of hydrogen-bond acceptors (Lipinski definition) is 3. The van der Waals surface area contributed by atoms with Crippen LogP contribution in [0.4, 0.5) is 0 Å². The van der Waals surface area contributed by atoms with Crippen molar-refractivity contribution in [1.82, 2.24) is 10.2 Å². The third-order valence-corrected chi connectivity index (χ3v) is 4.26. The van der Waals surface area contributed by atoms with Gasteiger partial charge in [0.15, 0.2) is 0 Å². The normalized spacial score (nSPS) is 20.3. The van der Waals surface area contributed by atoms with Crippen LogP contribution in [0.5, 0.6) is 5.75 Å². The Labute approximate surface area is 139 Å². The molecule has 5 heteroatoms. The molecule has 1 aromatic rings. The molecule has 1 heterocycles. The molecular weight excluding hydrogens is 300 g/mol. The van der Waals surface area contributed by atoms with Crippen molar-refractivity contribution < 1.29 is 9.53 Å². The van der Waals surface area contributed by atoms with Crippen LogP contribution in [0, 0.1) is 0 Å². The smallest absolute Gasteiger partial charge is 0.242 e. The lowest BCUT2D eigenvalue weighted by molar-refractivity contribution is -0.137. The number of nitrogens with one attached hydrogen (secondary N) is 1. The minimum atomic E-state index is -0.347. The van der Waals surface area contributed by atoms with Gasteiger partial charge in [0, 0.05) is 13.6 Å². The zero-order chi connectivity index (χ0) is 15.3. The van der Waals surface area contributed by atoms with Gasteiger partial charge in [-0.15, -0.1) is 12.4 Å². The number of benzene rings is 1. The minimum absolute atomic E-state index is 0. The molecule has 0 spiro atoms. The molecule has 124 valence electrons. The summed E-state index contributed by atoms with van der Waals surface area (Å²) in [5, 5.41) is 3.40. The monoisotopic (exact) mass is 326 g/mol. The van der Waals surface area contributed by atoms with Gasteiger partial charge in [0.2, 0.25) is 5.91 Å². The number of rotatable bonds is 6. The Bertz CT molecular complexity index is 470. The van der Waals surface area contributed by atoms with Crippen LogP contribution in [0.15, 0.2) is 24.3 Å². The minimum Gasteiger partial charge on any atom is -0.494 e. The van der Waals surface area contributed by atoms with Gasteiger partial charge in [0.1, 0.15) is 5.75 Å². The highest BCUT2D eigenvalue weighted by atomic mass is 35.5. The highest BCUT2D eigenvalue weighted by Crippen LogP contribution is 2.25. The van der Waals surface area contributed by atoms with Crippen molar-refractivity contribution in [3.8, 4) is 5.75 Å². The molecule has 0 radical (unpaired) electrons. The Kier molecular flexibility index (Phi) is 7.17. The Balaban J connectivity index is 0.00000242. The average molecular weight is 327 g/mol. The van der Waals surface area contributed by atoms with E-state index in [0.717, 1.165) is 37.1 Å². The summed E-state index contributed by atoms with van der Waals surface area (Å²) in [5.41, 5.74) is 0.776. The van der Waals surface area contributed by atoms with Crippen LogP contribution in [-0.4, -0.2) is 36.5 Å². The third-order valence-electron chi connectivity index (χ3n) is 4.26. The first-order valence-corrected chi connectivity index (χ1v) is 7.83. The summed E-state index contributed by atoms with van der Waals surface area (Å²) in [6.07, 6.45) is 2.87. The lowest BCUT2D eigenvalue weighted by atomic mass is 9.92. The van der Waals surface area contributed by atoms with Crippen molar-refractivity contribution >= 4 is 18.3 Å². The number of nitrogens with zero attached hydrogens (tertiary/aromatic N) is 1. The average Bonchev–Trinajstić information content (AvgIpc) is 2.99. The second-order valence-corrected chi connectivity index (χ2v) is 5.70. The van der Waals surface area contributed by atoms with E-state index in [0.29, 0.717) is 13.2 Å². The van der Waals surface area contributed by atoms with Gasteiger partial charge in [0.25, 0.3) is 0 Å². The fraction of sp³-hybridized carbons (Fsp3) is 0.588. The molecule has 1 amide bonds. The highest BCUT2D eigenvalue weighted by molar-refractivity contribution is 5.86. The number of hydrogen-bond donors (Lipinski definition) is 1. The maximum absolute atomic E-state index is 12.7. The van der Waals surface area contributed by atoms with E-state index in [1.54, 1.807) is 0 Å². The first kappa shape index (κ1) is 18.8. The molecule has 1 unspecified atom stereocenters. The zero-order valence-corrected chi connectivity index (χ0v) is 14.5. The Morgan fingerprint density at radius 3 is 2.50 bits per heavy atom. The summed E-state index contributed by atoms with van der Waals surface area (Å²) in [7, 11) is 1.89. The Hall–Kier alpha value is -1.26. The first-order valence-electron chi connectivity index (χ1n) is 7.83. The quantitative estimate of drug-likeness (QED) is 0.873. The maximum atomic E-state index is 12.7. The molecule has 1 N–H and O–H groups in total. The predicted molar refractivity (Wildman–Crippen MR) is 91.6 cm³/mol. The topological polar surface area (TPSA) is 41.6 Å². The van der Waals surface area contributed by atoms with Gasteiger partial charge in [-0.1, -0.05) is 19.1 Å².